The highest BCUT2D eigenvalue weighted by Gasteiger charge is 2.21. The van der Waals surface area contributed by atoms with Crippen molar-refractivity contribution in [2.45, 2.75) is 6.61 Å². The molecule has 0 heterocycles. The predicted molar refractivity (Wildman–Crippen MR) is 94.1 cm³/mol. The van der Waals surface area contributed by atoms with Crippen molar-refractivity contribution in [3.63, 3.8) is 0 Å². The van der Waals surface area contributed by atoms with Crippen molar-refractivity contribution in [2.24, 2.45) is 0 Å². The van der Waals surface area contributed by atoms with E-state index < -0.39 is 0 Å². The van der Waals surface area contributed by atoms with E-state index in [0.29, 0.717) is 11.3 Å². The van der Waals surface area contributed by atoms with E-state index in [4.69, 9.17) is 9.84 Å². The number of carbonyl (C=O) groups is 1. The molecular formula is C21H16O3. The molecule has 0 radical (unpaired) electrons. The summed E-state index contributed by atoms with van der Waals surface area (Å²) in [4.78, 5) is 12.7. The average molecular weight is 316 g/mol. The van der Waals surface area contributed by atoms with E-state index in [0.717, 1.165) is 27.5 Å². The van der Waals surface area contributed by atoms with E-state index in [1.54, 1.807) is 12.1 Å². The molecule has 0 bridgehead atoms. The minimum absolute atomic E-state index is 0.00467. The van der Waals surface area contributed by atoms with Gasteiger partial charge in [0.25, 0.3) is 0 Å². The molecule has 0 aromatic heterocycles. The number of carbonyl (C=O) groups excluding carboxylic acids is 1. The summed E-state index contributed by atoms with van der Waals surface area (Å²) in [5.74, 6) is 0.698. The Morgan fingerprint density at radius 3 is 2.42 bits per heavy atom. The Bertz CT molecular complexity index is 947. The molecule has 3 heteroatoms. The number of ketones is 1. The van der Waals surface area contributed by atoms with Gasteiger partial charge in [0.2, 0.25) is 0 Å². The normalized spacial score (nSPS) is 13.0. The number of hydrogen-bond donors (Lipinski definition) is 1. The van der Waals surface area contributed by atoms with Gasteiger partial charge >= 0.3 is 0 Å². The summed E-state index contributed by atoms with van der Waals surface area (Å²) in [6, 6.07) is 19.1. The van der Waals surface area contributed by atoms with Crippen LogP contribution in [0.3, 0.4) is 0 Å². The highest BCUT2D eigenvalue weighted by Crippen LogP contribution is 2.31. The van der Waals surface area contributed by atoms with Crippen molar-refractivity contribution >= 4 is 22.6 Å². The number of Topliss-reactive ketones (excluding diaryl/α,β-unsaturated/α-hetero) is 1. The fraction of sp³-hybridized carbons (Fsp3) is 0.0952. The van der Waals surface area contributed by atoms with Crippen molar-refractivity contribution in [1.29, 1.82) is 0 Å². The molecule has 0 saturated carbocycles. The lowest BCUT2D eigenvalue weighted by Crippen LogP contribution is -2.15. The molecule has 1 aliphatic carbocycles. The lowest BCUT2D eigenvalue weighted by atomic mass is 9.88. The molecule has 24 heavy (non-hydrogen) atoms. The van der Waals surface area contributed by atoms with Crippen LogP contribution in [-0.2, 0) is 6.61 Å². The van der Waals surface area contributed by atoms with Crippen LogP contribution < -0.4 is 4.74 Å². The Balaban J connectivity index is 1.63. The zero-order valence-electron chi connectivity index (χ0n) is 13.0. The molecule has 1 N–H and O–H groups in total. The van der Waals surface area contributed by atoms with Crippen LogP contribution in [0.4, 0.5) is 0 Å². The summed E-state index contributed by atoms with van der Waals surface area (Å²) < 4.78 is 5.76. The van der Waals surface area contributed by atoms with Crippen LogP contribution in [0.25, 0.3) is 16.8 Å². The molecular weight excluding hydrogens is 300 g/mol. The topological polar surface area (TPSA) is 46.5 Å². The van der Waals surface area contributed by atoms with Gasteiger partial charge in [-0.3, -0.25) is 4.79 Å². The summed E-state index contributed by atoms with van der Waals surface area (Å²) >= 11 is 0. The Labute approximate surface area is 139 Å². The molecule has 3 aromatic rings. The first-order valence-corrected chi connectivity index (χ1v) is 7.86. The van der Waals surface area contributed by atoms with Crippen LogP contribution in [0.1, 0.15) is 21.5 Å². The molecule has 0 amide bonds. The van der Waals surface area contributed by atoms with Gasteiger partial charge in [-0.05, 0) is 34.7 Å². The van der Waals surface area contributed by atoms with Crippen molar-refractivity contribution in [3.05, 3.63) is 82.9 Å². The van der Waals surface area contributed by atoms with Gasteiger partial charge in [-0.1, -0.05) is 48.5 Å². The van der Waals surface area contributed by atoms with E-state index in [1.807, 2.05) is 54.6 Å². The second-order valence-corrected chi connectivity index (χ2v) is 5.84. The monoisotopic (exact) mass is 316 g/mol. The van der Waals surface area contributed by atoms with Gasteiger partial charge in [0.1, 0.15) is 12.4 Å². The summed E-state index contributed by atoms with van der Waals surface area (Å²) in [5.41, 5.74) is 3.26. The maximum absolute atomic E-state index is 12.7. The van der Waals surface area contributed by atoms with Crippen molar-refractivity contribution < 1.29 is 14.6 Å². The molecule has 3 aromatic carbocycles. The molecule has 0 atom stereocenters. The quantitative estimate of drug-likeness (QED) is 0.791. The van der Waals surface area contributed by atoms with Gasteiger partial charge in [0.05, 0.1) is 6.61 Å². The minimum Gasteiger partial charge on any atom is -0.489 e. The summed E-state index contributed by atoms with van der Waals surface area (Å²) in [5, 5.41) is 11.2. The van der Waals surface area contributed by atoms with Crippen LogP contribution in [0.15, 0.2) is 66.2 Å². The maximum Gasteiger partial charge on any atom is 0.193 e. The van der Waals surface area contributed by atoms with Gasteiger partial charge in [-0.25, -0.2) is 0 Å². The number of aliphatic hydroxyl groups excluding tert-OH is 1. The van der Waals surface area contributed by atoms with E-state index in [-0.39, 0.29) is 19.0 Å². The van der Waals surface area contributed by atoms with Gasteiger partial charge < -0.3 is 9.84 Å². The lowest BCUT2D eigenvalue weighted by Gasteiger charge is -2.17. The predicted octanol–water partition coefficient (Wildman–Crippen LogP) is 3.99. The molecule has 0 spiro atoms. The first-order chi connectivity index (χ1) is 11.8. The Morgan fingerprint density at radius 2 is 1.67 bits per heavy atom. The maximum atomic E-state index is 12.7. The first-order valence-electron chi connectivity index (χ1n) is 7.86. The fourth-order valence-electron chi connectivity index (χ4n) is 3.07. The second-order valence-electron chi connectivity index (χ2n) is 5.84. The first kappa shape index (κ1) is 14.7. The number of benzene rings is 3. The number of ether oxygens (including phenoxy) is 1. The molecule has 0 aliphatic heterocycles. The van der Waals surface area contributed by atoms with Crippen LogP contribution >= 0.6 is 0 Å². The standard InChI is InChI=1S/C21H16O3/c22-12-14-7-9-18(10-8-14)24-13-17-11-16-5-1-3-15-4-2-6-19(20(15)16)21(17)23/h1-11,22H,12-13H2. The Kier molecular flexibility index (Phi) is 3.63. The highest BCUT2D eigenvalue weighted by molar-refractivity contribution is 6.22. The Hall–Kier alpha value is -2.91. The van der Waals surface area contributed by atoms with E-state index >= 15 is 0 Å². The third kappa shape index (κ3) is 2.49. The van der Waals surface area contributed by atoms with Gasteiger partial charge in [-0.2, -0.15) is 0 Å². The zero-order chi connectivity index (χ0) is 16.5. The van der Waals surface area contributed by atoms with Crippen LogP contribution in [0.2, 0.25) is 0 Å². The molecule has 3 nitrogen and oxygen atoms in total. The van der Waals surface area contributed by atoms with Crippen molar-refractivity contribution in [3.8, 4) is 5.75 Å². The zero-order valence-corrected chi connectivity index (χ0v) is 13.0. The molecule has 1 aliphatic rings. The summed E-state index contributed by atoms with van der Waals surface area (Å²) in [6.45, 7) is 0.229. The van der Waals surface area contributed by atoms with Crippen molar-refractivity contribution in [1.82, 2.24) is 0 Å². The second kappa shape index (κ2) is 5.95. The molecule has 0 fully saturated rings. The molecule has 0 unspecified atom stereocenters. The highest BCUT2D eigenvalue weighted by atomic mass is 16.5. The SMILES string of the molecule is O=C1C(COc2ccc(CO)cc2)=Cc2cccc3cccc1c23. The third-order valence-corrected chi connectivity index (χ3v) is 4.30. The van der Waals surface area contributed by atoms with Crippen LogP contribution in [0.5, 0.6) is 5.75 Å². The van der Waals surface area contributed by atoms with Crippen LogP contribution in [0, 0.1) is 0 Å². The minimum atomic E-state index is 0.00467. The summed E-state index contributed by atoms with van der Waals surface area (Å²) in [7, 11) is 0. The molecule has 4 rings (SSSR count). The largest absolute Gasteiger partial charge is 0.489 e. The van der Waals surface area contributed by atoms with E-state index in [2.05, 4.69) is 0 Å². The van der Waals surface area contributed by atoms with Gasteiger partial charge in [-0.15, -0.1) is 0 Å². The molecule has 0 saturated heterocycles. The summed E-state index contributed by atoms with van der Waals surface area (Å²) in [6.07, 6.45) is 1.92. The van der Waals surface area contributed by atoms with E-state index in [9.17, 15) is 4.79 Å². The Morgan fingerprint density at radius 1 is 0.917 bits per heavy atom. The molecule has 118 valence electrons. The smallest absolute Gasteiger partial charge is 0.193 e. The number of aliphatic hydroxyl groups is 1. The fourth-order valence-corrected chi connectivity index (χ4v) is 3.07. The van der Waals surface area contributed by atoms with Gasteiger partial charge in [0, 0.05) is 16.5 Å². The van der Waals surface area contributed by atoms with Gasteiger partial charge in [0.15, 0.2) is 5.78 Å². The average Bonchev–Trinajstić information content (AvgIpc) is 2.64. The third-order valence-electron chi connectivity index (χ3n) is 4.30. The number of rotatable bonds is 4. The van der Waals surface area contributed by atoms with E-state index in [1.165, 1.54) is 0 Å². The van der Waals surface area contributed by atoms with Crippen molar-refractivity contribution in [2.75, 3.05) is 6.61 Å². The number of hydrogen-bond acceptors (Lipinski definition) is 3. The van der Waals surface area contributed by atoms with Crippen LogP contribution in [-0.4, -0.2) is 17.5 Å². The lowest BCUT2D eigenvalue weighted by molar-refractivity contribution is 0.102.